The van der Waals surface area contributed by atoms with E-state index in [0.717, 1.165) is 10.6 Å². The van der Waals surface area contributed by atoms with Gasteiger partial charge in [0.2, 0.25) is 0 Å². The molecule has 0 spiro atoms. The molecule has 1 rings (SSSR count). The normalized spacial score (nSPS) is 9.56. The zero-order valence-corrected chi connectivity index (χ0v) is 5.73. The molecule has 9 heavy (non-hydrogen) atoms. The molecule has 0 aromatic heterocycles. The van der Waals surface area contributed by atoms with Crippen LogP contribution >= 0.6 is 11.6 Å². The number of hydrogen-bond acceptors (Lipinski definition) is 0. The maximum atomic E-state index is 5.63. The van der Waals surface area contributed by atoms with Crippen molar-refractivity contribution < 1.29 is 0 Å². The summed E-state index contributed by atoms with van der Waals surface area (Å²) < 4.78 is 0. The van der Waals surface area contributed by atoms with Gasteiger partial charge in [-0.3, -0.25) is 0 Å². The molecule has 0 aliphatic heterocycles. The Morgan fingerprint density at radius 2 is 1.78 bits per heavy atom. The van der Waals surface area contributed by atoms with E-state index in [0.29, 0.717) is 6.42 Å². The summed E-state index contributed by atoms with van der Waals surface area (Å²) >= 11 is 5.63. The van der Waals surface area contributed by atoms with Crippen LogP contribution in [0.1, 0.15) is 5.56 Å². The van der Waals surface area contributed by atoms with Crippen LogP contribution in [0.25, 0.3) is 0 Å². The first kappa shape index (κ1) is 6.63. The minimum absolute atomic E-state index is 0.581. The molecule has 0 saturated heterocycles. The number of benzene rings is 1. The second-order valence-corrected chi connectivity index (χ2v) is 2.27. The molecule has 0 bridgehead atoms. The largest absolute Gasteiger partial charge is 0.0843 e. The van der Waals surface area contributed by atoms with Crippen LogP contribution in [-0.4, -0.2) is 0 Å². The Bertz CT molecular complexity index is 176. The first-order valence-corrected chi connectivity index (χ1v) is 3.15. The van der Waals surface area contributed by atoms with Crippen molar-refractivity contribution in [2.45, 2.75) is 6.42 Å². The van der Waals surface area contributed by atoms with Crippen LogP contribution in [0.5, 0.6) is 0 Å². The van der Waals surface area contributed by atoms with Crippen LogP contribution in [0.3, 0.4) is 0 Å². The van der Waals surface area contributed by atoms with E-state index in [1.807, 2.05) is 24.3 Å². The summed E-state index contributed by atoms with van der Waals surface area (Å²) in [6.45, 7) is 5.36. The Morgan fingerprint density at radius 3 is 2.22 bits per heavy atom. The van der Waals surface area contributed by atoms with Crippen molar-refractivity contribution in [3.05, 3.63) is 41.8 Å². The average Bonchev–Trinajstić information content (AvgIpc) is 1.90. The minimum Gasteiger partial charge on any atom is -0.0843 e. The van der Waals surface area contributed by atoms with Gasteiger partial charge >= 0.3 is 0 Å². The lowest BCUT2D eigenvalue weighted by atomic mass is 10.2. The van der Waals surface area contributed by atoms with Crippen molar-refractivity contribution in [3.63, 3.8) is 0 Å². The van der Waals surface area contributed by atoms with Gasteiger partial charge in [0.05, 0.1) is 0 Å². The second kappa shape index (κ2) is 2.88. The zero-order valence-electron chi connectivity index (χ0n) is 4.97. The fraction of sp³-hybridized carbons (Fsp3) is 0.125. The molecular weight excluding hydrogens is 132 g/mol. The molecule has 1 heteroatoms. The Hall–Kier alpha value is -0.490. The van der Waals surface area contributed by atoms with Crippen LogP contribution in [0.15, 0.2) is 24.3 Å². The van der Waals surface area contributed by atoms with Crippen LogP contribution in [-0.2, 0) is 6.42 Å². The number of rotatable bonds is 1. The molecule has 0 aliphatic carbocycles. The fourth-order valence-corrected chi connectivity index (χ4v) is 0.746. The summed E-state index contributed by atoms with van der Waals surface area (Å²) in [5.74, 6) is 0. The lowest BCUT2D eigenvalue weighted by molar-refractivity contribution is 1.27. The van der Waals surface area contributed by atoms with Gasteiger partial charge in [0.15, 0.2) is 0 Å². The summed E-state index contributed by atoms with van der Waals surface area (Å²) in [7, 11) is 0. The molecular formula is C8H7Cl. The van der Waals surface area contributed by atoms with Gasteiger partial charge in [0.25, 0.3) is 0 Å². The molecule has 0 atom stereocenters. The van der Waals surface area contributed by atoms with Gasteiger partial charge < -0.3 is 0 Å². The Kier molecular flexibility index (Phi) is 2.12. The van der Waals surface area contributed by atoms with E-state index in [1.54, 1.807) is 0 Å². The fourth-order valence-electron chi connectivity index (χ4n) is 0.620. The predicted molar refractivity (Wildman–Crippen MR) is 39.5 cm³/mol. The first-order valence-electron chi connectivity index (χ1n) is 2.77. The highest BCUT2D eigenvalue weighted by atomic mass is 35.5. The molecule has 0 unspecified atom stereocenters. The van der Waals surface area contributed by atoms with Crippen molar-refractivity contribution in [1.29, 1.82) is 0 Å². The molecule has 2 radical (unpaired) electrons. The van der Waals surface area contributed by atoms with Crippen molar-refractivity contribution >= 4 is 11.6 Å². The molecule has 46 valence electrons. The zero-order chi connectivity index (χ0) is 6.69. The van der Waals surface area contributed by atoms with Gasteiger partial charge in [-0.15, -0.1) is 0 Å². The quantitative estimate of drug-likeness (QED) is 0.560. The molecule has 1 aromatic rings. The molecule has 0 aliphatic rings. The third-order valence-electron chi connectivity index (χ3n) is 1.15. The molecule has 1 aromatic carbocycles. The lowest BCUT2D eigenvalue weighted by Crippen LogP contribution is -1.75. The van der Waals surface area contributed by atoms with E-state index in [-0.39, 0.29) is 0 Å². The van der Waals surface area contributed by atoms with Gasteiger partial charge in [-0.25, -0.2) is 0 Å². The molecule has 0 N–H and O–H groups in total. The van der Waals surface area contributed by atoms with E-state index in [1.165, 1.54) is 0 Å². The number of hydrogen-bond donors (Lipinski definition) is 0. The van der Waals surface area contributed by atoms with Crippen LogP contribution in [0.4, 0.5) is 0 Å². The molecule has 0 heterocycles. The summed E-state index contributed by atoms with van der Waals surface area (Å²) in [6, 6.07) is 7.51. The lowest BCUT2D eigenvalue weighted by Gasteiger charge is -1.92. The maximum Gasteiger partial charge on any atom is 0.0406 e. The third-order valence-corrected chi connectivity index (χ3v) is 1.40. The SMILES string of the molecule is [CH]Cc1ccc(Cl)cc1. The van der Waals surface area contributed by atoms with Crippen molar-refractivity contribution in [3.8, 4) is 0 Å². The van der Waals surface area contributed by atoms with Gasteiger partial charge in [-0.05, 0) is 31.0 Å². The highest BCUT2D eigenvalue weighted by Gasteiger charge is 1.86. The Labute approximate surface area is 60.5 Å². The number of halogens is 1. The first-order chi connectivity index (χ1) is 4.33. The van der Waals surface area contributed by atoms with Gasteiger partial charge in [0.1, 0.15) is 0 Å². The van der Waals surface area contributed by atoms with E-state index in [9.17, 15) is 0 Å². The van der Waals surface area contributed by atoms with E-state index in [4.69, 9.17) is 18.5 Å². The highest BCUT2D eigenvalue weighted by Crippen LogP contribution is 2.08. The van der Waals surface area contributed by atoms with E-state index in [2.05, 4.69) is 0 Å². The molecule has 0 amide bonds. The molecule has 0 nitrogen and oxygen atoms in total. The third kappa shape index (κ3) is 1.72. The Morgan fingerprint density at radius 1 is 1.22 bits per heavy atom. The van der Waals surface area contributed by atoms with Crippen molar-refractivity contribution in [2.24, 2.45) is 0 Å². The van der Waals surface area contributed by atoms with E-state index < -0.39 is 0 Å². The topological polar surface area (TPSA) is 0 Å². The van der Waals surface area contributed by atoms with Gasteiger partial charge in [-0.1, -0.05) is 23.7 Å². The standard InChI is InChI=1S/C8H7Cl/c1-2-7-3-5-8(9)6-4-7/h1,3-6H,2H2. The van der Waals surface area contributed by atoms with Crippen LogP contribution in [0.2, 0.25) is 5.02 Å². The summed E-state index contributed by atoms with van der Waals surface area (Å²) in [5, 5.41) is 0.757. The van der Waals surface area contributed by atoms with Gasteiger partial charge in [0, 0.05) is 5.02 Å². The van der Waals surface area contributed by atoms with E-state index >= 15 is 0 Å². The Balaban J connectivity index is 2.88. The average molecular weight is 139 g/mol. The van der Waals surface area contributed by atoms with Crippen LogP contribution < -0.4 is 0 Å². The maximum absolute atomic E-state index is 5.63. The monoisotopic (exact) mass is 138 g/mol. The summed E-state index contributed by atoms with van der Waals surface area (Å²) in [5.41, 5.74) is 1.11. The van der Waals surface area contributed by atoms with Crippen molar-refractivity contribution in [1.82, 2.24) is 0 Å². The second-order valence-electron chi connectivity index (χ2n) is 1.83. The van der Waals surface area contributed by atoms with Crippen molar-refractivity contribution in [2.75, 3.05) is 0 Å². The summed E-state index contributed by atoms with van der Waals surface area (Å²) in [4.78, 5) is 0. The predicted octanol–water partition coefficient (Wildman–Crippen LogP) is 2.59. The highest BCUT2D eigenvalue weighted by molar-refractivity contribution is 6.30. The molecule has 0 fully saturated rings. The molecule has 0 saturated carbocycles. The minimum atomic E-state index is 0.581. The smallest absolute Gasteiger partial charge is 0.0406 e. The van der Waals surface area contributed by atoms with Crippen LogP contribution in [0, 0.1) is 6.92 Å². The summed E-state index contributed by atoms with van der Waals surface area (Å²) in [6.07, 6.45) is 0.581. The van der Waals surface area contributed by atoms with Gasteiger partial charge in [-0.2, -0.15) is 0 Å².